The molecule has 8 heteroatoms. The molecule has 1 amide bonds. The Morgan fingerprint density at radius 1 is 1.31 bits per heavy atom. The molecule has 0 saturated carbocycles. The van der Waals surface area contributed by atoms with Crippen molar-refractivity contribution in [1.29, 1.82) is 0 Å². The molecule has 0 aliphatic carbocycles. The van der Waals surface area contributed by atoms with E-state index in [9.17, 15) is 9.90 Å². The zero-order valence-electron chi connectivity index (χ0n) is 14.3. The average Bonchev–Trinajstić information content (AvgIpc) is 2.63. The molecular formula is C18H19Br2N3O3. The summed E-state index contributed by atoms with van der Waals surface area (Å²) in [5.41, 5.74) is 5.07. The van der Waals surface area contributed by atoms with Gasteiger partial charge in [0.2, 0.25) is 0 Å². The highest BCUT2D eigenvalue weighted by molar-refractivity contribution is 9.13. The van der Waals surface area contributed by atoms with Crippen molar-refractivity contribution >= 4 is 49.7 Å². The number of nitrogens with zero attached hydrogens (tertiary/aromatic N) is 1. The fourth-order valence-corrected chi connectivity index (χ4v) is 2.96. The number of carbonyl (C=O) groups is 1. The van der Waals surface area contributed by atoms with Gasteiger partial charge in [-0.2, -0.15) is 5.10 Å². The maximum atomic E-state index is 11.9. The topological polar surface area (TPSA) is 83.0 Å². The van der Waals surface area contributed by atoms with E-state index in [0.717, 1.165) is 11.3 Å². The van der Waals surface area contributed by atoms with E-state index < -0.39 is 0 Å². The molecule has 0 atom stereocenters. The first kappa shape index (κ1) is 20.3. The summed E-state index contributed by atoms with van der Waals surface area (Å²) in [6.07, 6.45) is 1.47. The number of aromatic hydroxyl groups is 1. The number of phenols is 1. The van der Waals surface area contributed by atoms with Gasteiger partial charge in [-0.3, -0.25) is 4.79 Å². The lowest BCUT2D eigenvalue weighted by molar-refractivity contribution is -0.119. The van der Waals surface area contributed by atoms with Gasteiger partial charge in [-0.05, 0) is 63.4 Å². The lowest BCUT2D eigenvalue weighted by atomic mass is 10.2. The summed E-state index contributed by atoms with van der Waals surface area (Å²) >= 11 is 6.67. The molecule has 6 nitrogen and oxygen atoms in total. The monoisotopic (exact) mass is 483 g/mol. The second-order valence-electron chi connectivity index (χ2n) is 5.34. The van der Waals surface area contributed by atoms with Gasteiger partial charge in [0.15, 0.2) is 11.5 Å². The van der Waals surface area contributed by atoms with Crippen LogP contribution < -0.4 is 15.5 Å². The minimum atomic E-state index is -0.275. The normalized spacial score (nSPS) is 10.8. The third-order valence-electron chi connectivity index (χ3n) is 3.45. The Balaban J connectivity index is 1.99. The second-order valence-corrected chi connectivity index (χ2v) is 6.92. The first-order valence-corrected chi connectivity index (χ1v) is 9.47. The van der Waals surface area contributed by atoms with Crippen molar-refractivity contribution in [1.82, 2.24) is 5.43 Å². The van der Waals surface area contributed by atoms with E-state index >= 15 is 0 Å². The summed E-state index contributed by atoms with van der Waals surface area (Å²) < 4.78 is 6.44. The predicted octanol–water partition coefficient (Wildman–Crippen LogP) is 4.19. The maximum Gasteiger partial charge on any atom is 0.259 e. The fraction of sp³-hybridized carbons (Fsp3) is 0.222. The van der Waals surface area contributed by atoms with Crippen molar-refractivity contribution < 1.29 is 14.6 Å². The number of benzene rings is 2. The number of phenolic OH excluding ortho intramolecular Hbond substituents is 1. The Morgan fingerprint density at radius 3 is 2.73 bits per heavy atom. The predicted molar refractivity (Wildman–Crippen MR) is 110 cm³/mol. The van der Waals surface area contributed by atoms with E-state index in [2.05, 4.69) is 47.7 Å². The van der Waals surface area contributed by atoms with Crippen LogP contribution in [0.2, 0.25) is 0 Å². The zero-order chi connectivity index (χ0) is 19.1. The van der Waals surface area contributed by atoms with E-state index in [0.29, 0.717) is 26.9 Å². The third kappa shape index (κ3) is 5.22. The number of anilines is 1. The number of halogens is 2. The van der Waals surface area contributed by atoms with Gasteiger partial charge in [0, 0.05) is 15.7 Å². The van der Waals surface area contributed by atoms with E-state index in [1.807, 2.05) is 38.1 Å². The minimum absolute atomic E-state index is 0.00217. The Kier molecular flexibility index (Phi) is 7.47. The van der Waals surface area contributed by atoms with Crippen molar-refractivity contribution in [3.8, 4) is 11.5 Å². The molecule has 0 aliphatic rings. The van der Waals surface area contributed by atoms with E-state index in [-0.39, 0.29) is 18.2 Å². The van der Waals surface area contributed by atoms with Crippen LogP contribution in [0, 0.1) is 6.92 Å². The summed E-state index contributed by atoms with van der Waals surface area (Å²) in [4.78, 5) is 11.9. The molecule has 2 aromatic carbocycles. The Labute approximate surface area is 168 Å². The number of hydrogen-bond donors (Lipinski definition) is 3. The largest absolute Gasteiger partial charge is 0.503 e. The van der Waals surface area contributed by atoms with Crippen molar-refractivity contribution in [2.75, 3.05) is 18.5 Å². The maximum absolute atomic E-state index is 11.9. The number of hydrogen-bond acceptors (Lipinski definition) is 5. The van der Waals surface area contributed by atoms with Crippen LogP contribution in [-0.2, 0) is 4.79 Å². The lowest BCUT2D eigenvalue weighted by Crippen LogP contribution is -2.26. The van der Waals surface area contributed by atoms with Crippen LogP contribution in [0.3, 0.4) is 0 Å². The SMILES string of the molecule is CCOc1cc(/C=N/NC(=O)CNc2ccccc2C)c(Br)c(Br)c1O. The van der Waals surface area contributed by atoms with Gasteiger partial charge in [0.25, 0.3) is 5.91 Å². The number of ether oxygens (including phenoxy) is 1. The number of carbonyl (C=O) groups excluding carboxylic acids is 1. The van der Waals surface area contributed by atoms with Gasteiger partial charge in [0.05, 0.1) is 23.8 Å². The first-order valence-electron chi connectivity index (χ1n) is 7.89. The molecule has 2 rings (SSSR count). The average molecular weight is 485 g/mol. The Morgan fingerprint density at radius 2 is 2.04 bits per heavy atom. The van der Waals surface area contributed by atoms with Crippen LogP contribution in [0.15, 0.2) is 44.4 Å². The van der Waals surface area contributed by atoms with Crippen LogP contribution >= 0.6 is 31.9 Å². The molecule has 0 unspecified atom stereocenters. The quantitative estimate of drug-likeness (QED) is 0.406. The summed E-state index contributed by atoms with van der Waals surface area (Å²) in [5.74, 6) is 0.0578. The lowest BCUT2D eigenvalue weighted by Gasteiger charge is -2.11. The molecule has 0 aliphatic heterocycles. The summed E-state index contributed by atoms with van der Waals surface area (Å²) in [5, 5.41) is 17.0. The third-order valence-corrected chi connectivity index (χ3v) is 5.61. The smallest absolute Gasteiger partial charge is 0.259 e. The molecule has 0 fully saturated rings. The number of aryl methyl sites for hydroxylation is 1. The molecule has 0 saturated heterocycles. The highest BCUT2D eigenvalue weighted by atomic mass is 79.9. The van der Waals surface area contributed by atoms with Crippen LogP contribution in [0.4, 0.5) is 5.69 Å². The van der Waals surface area contributed by atoms with Crippen molar-refractivity contribution in [3.05, 3.63) is 50.4 Å². The molecule has 0 spiro atoms. The molecule has 3 N–H and O–H groups in total. The van der Waals surface area contributed by atoms with E-state index in [1.54, 1.807) is 6.07 Å². The van der Waals surface area contributed by atoms with Gasteiger partial charge in [-0.25, -0.2) is 5.43 Å². The Bertz CT molecular complexity index is 826. The van der Waals surface area contributed by atoms with Gasteiger partial charge in [0.1, 0.15) is 0 Å². The standard InChI is InChI=1S/C18H19Br2N3O3/c1-3-26-14-8-12(16(19)17(20)18(14)25)9-22-23-15(24)10-21-13-7-5-4-6-11(13)2/h4-9,21,25H,3,10H2,1-2H3,(H,23,24)/b22-9+. The fourth-order valence-electron chi connectivity index (χ4n) is 2.13. The Hall–Kier alpha value is -2.06. The van der Waals surface area contributed by atoms with Crippen molar-refractivity contribution in [3.63, 3.8) is 0 Å². The van der Waals surface area contributed by atoms with Crippen LogP contribution in [0.1, 0.15) is 18.1 Å². The first-order chi connectivity index (χ1) is 12.4. The highest BCUT2D eigenvalue weighted by Crippen LogP contribution is 2.41. The van der Waals surface area contributed by atoms with Crippen LogP contribution in [0.25, 0.3) is 0 Å². The number of rotatable bonds is 7. The molecular weight excluding hydrogens is 466 g/mol. The molecule has 0 heterocycles. The molecule has 0 aromatic heterocycles. The number of amides is 1. The number of hydrazone groups is 1. The molecule has 138 valence electrons. The summed E-state index contributed by atoms with van der Waals surface area (Å²) in [7, 11) is 0. The minimum Gasteiger partial charge on any atom is -0.503 e. The van der Waals surface area contributed by atoms with E-state index in [4.69, 9.17) is 4.74 Å². The van der Waals surface area contributed by atoms with Gasteiger partial charge < -0.3 is 15.2 Å². The van der Waals surface area contributed by atoms with Crippen molar-refractivity contribution in [2.45, 2.75) is 13.8 Å². The summed E-state index contributed by atoms with van der Waals surface area (Å²) in [6.45, 7) is 4.31. The van der Waals surface area contributed by atoms with Crippen LogP contribution in [-0.4, -0.2) is 30.4 Å². The molecule has 0 radical (unpaired) electrons. The van der Waals surface area contributed by atoms with Crippen LogP contribution in [0.5, 0.6) is 11.5 Å². The second kappa shape index (κ2) is 9.59. The van der Waals surface area contributed by atoms with Gasteiger partial charge in [-0.15, -0.1) is 0 Å². The van der Waals surface area contributed by atoms with Crippen molar-refractivity contribution in [2.24, 2.45) is 5.10 Å². The molecule has 26 heavy (non-hydrogen) atoms. The van der Waals surface area contributed by atoms with Gasteiger partial charge >= 0.3 is 0 Å². The molecule has 0 bridgehead atoms. The van der Waals surface area contributed by atoms with E-state index in [1.165, 1.54) is 6.21 Å². The number of para-hydroxylation sites is 1. The zero-order valence-corrected chi connectivity index (χ0v) is 17.5. The number of nitrogens with one attached hydrogen (secondary N) is 2. The highest BCUT2D eigenvalue weighted by Gasteiger charge is 2.14. The summed E-state index contributed by atoms with van der Waals surface area (Å²) in [6, 6.07) is 9.35. The van der Waals surface area contributed by atoms with Gasteiger partial charge in [-0.1, -0.05) is 18.2 Å². The molecule has 2 aromatic rings.